The molecule has 0 saturated heterocycles. The van der Waals surface area contributed by atoms with E-state index in [1.54, 1.807) is 18.3 Å². The van der Waals surface area contributed by atoms with Crippen molar-refractivity contribution in [3.05, 3.63) is 15.6 Å². The molecule has 1 N–H and O–H groups in total. The van der Waals surface area contributed by atoms with Crippen molar-refractivity contribution < 1.29 is 9.90 Å². The minimum absolute atomic E-state index is 0.414. The van der Waals surface area contributed by atoms with Gasteiger partial charge in [-0.25, -0.2) is 4.98 Å². The van der Waals surface area contributed by atoms with Gasteiger partial charge in [-0.15, -0.1) is 11.3 Å². The molecule has 5 heteroatoms. The van der Waals surface area contributed by atoms with E-state index in [1.165, 1.54) is 11.3 Å². The second-order valence-electron chi connectivity index (χ2n) is 5.01. The Morgan fingerprint density at radius 3 is 2.61 bits per heavy atom. The first kappa shape index (κ1) is 13.5. The molecule has 1 aliphatic carbocycles. The molecule has 0 aliphatic heterocycles. The Labute approximate surface area is 112 Å². The van der Waals surface area contributed by atoms with E-state index in [9.17, 15) is 9.90 Å². The van der Waals surface area contributed by atoms with Crippen LogP contribution in [0, 0.1) is 13.8 Å². The summed E-state index contributed by atoms with van der Waals surface area (Å²) < 4.78 is 0. The van der Waals surface area contributed by atoms with Gasteiger partial charge >= 0.3 is 5.97 Å². The number of nitrogens with zero attached hydrogens (tertiary/aromatic N) is 2. The number of aryl methyl sites for hydroxylation is 2. The van der Waals surface area contributed by atoms with Crippen molar-refractivity contribution >= 4 is 17.3 Å². The molecule has 1 heterocycles. The third-order valence-corrected chi connectivity index (χ3v) is 4.66. The lowest BCUT2D eigenvalue weighted by Crippen LogP contribution is -2.48. The number of hydrogen-bond donors (Lipinski definition) is 1. The first-order valence-corrected chi connectivity index (χ1v) is 7.22. The summed E-state index contributed by atoms with van der Waals surface area (Å²) in [6.45, 7) is 6.49. The molecule has 1 unspecified atom stereocenters. The quantitative estimate of drug-likeness (QED) is 0.892. The maximum Gasteiger partial charge on any atom is 0.320 e. The van der Waals surface area contributed by atoms with E-state index in [-0.39, 0.29) is 0 Å². The van der Waals surface area contributed by atoms with Gasteiger partial charge in [0.25, 0.3) is 0 Å². The van der Waals surface area contributed by atoms with Crippen LogP contribution in [0.4, 0.5) is 0 Å². The number of hydrogen-bond acceptors (Lipinski definition) is 4. The summed E-state index contributed by atoms with van der Waals surface area (Å²) in [5, 5.41) is 10.3. The molecular formula is C13H20N2O2S. The van der Waals surface area contributed by atoms with Crippen LogP contribution in [0.5, 0.6) is 0 Å². The Hall–Kier alpha value is -0.940. The second-order valence-corrected chi connectivity index (χ2v) is 6.41. The highest BCUT2D eigenvalue weighted by molar-refractivity contribution is 7.11. The molecule has 0 aromatic carbocycles. The highest BCUT2D eigenvalue weighted by Crippen LogP contribution is 2.29. The van der Waals surface area contributed by atoms with E-state index >= 15 is 0 Å². The predicted octanol–water partition coefficient (Wildman–Crippen LogP) is 2.59. The lowest BCUT2D eigenvalue weighted by Gasteiger charge is -2.39. The number of aliphatic carboxylic acids is 1. The second kappa shape index (κ2) is 5.36. The van der Waals surface area contributed by atoms with Crippen LogP contribution in [0.1, 0.15) is 41.8 Å². The third kappa shape index (κ3) is 2.72. The standard InChI is InChI=1S/C13H20N2O2S/c1-8(13(16)17)15(11-5-4-6-11)7-12-9(2)18-10(3)14-12/h8,11H,4-7H2,1-3H3,(H,16,17). The van der Waals surface area contributed by atoms with Crippen LogP contribution < -0.4 is 0 Å². The van der Waals surface area contributed by atoms with Gasteiger partial charge in [0, 0.05) is 17.5 Å². The van der Waals surface area contributed by atoms with Gasteiger partial charge in [-0.3, -0.25) is 9.69 Å². The highest BCUT2D eigenvalue weighted by Gasteiger charge is 2.32. The van der Waals surface area contributed by atoms with Crippen LogP contribution in [0.15, 0.2) is 0 Å². The summed E-state index contributed by atoms with van der Waals surface area (Å²) in [4.78, 5) is 19.0. The molecule has 1 aromatic heterocycles. The Kier molecular flexibility index (Phi) is 4.02. The van der Waals surface area contributed by atoms with Crippen LogP contribution in [0.2, 0.25) is 0 Å². The Morgan fingerprint density at radius 1 is 1.56 bits per heavy atom. The first-order chi connectivity index (χ1) is 8.49. The molecule has 1 aliphatic rings. The van der Waals surface area contributed by atoms with E-state index in [2.05, 4.69) is 16.8 Å². The van der Waals surface area contributed by atoms with Crippen molar-refractivity contribution in [1.82, 2.24) is 9.88 Å². The van der Waals surface area contributed by atoms with Crippen molar-refractivity contribution in [1.29, 1.82) is 0 Å². The van der Waals surface area contributed by atoms with Gasteiger partial charge in [0.2, 0.25) is 0 Å². The van der Waals surface area contributed by atoms with Gasteiger partial charge in [-0.1, -0.05) is 6.42 Å². The van der Waals surface area contributed by atoms with Gasteiger partial charge in [0.05, 0.1) is 10.7 Å². The summed E-state index contributed by atoms with van der Waals surface area (Å²) in [6.07, 6.45) is 3.43. The lowest BCUT2D eigenvalue weighted by atomic mass is 9.90. The van der Waals surface area contributed by atoms with Crippen molar-refractivity contribution in [2.75, 3.05) is 0 Å². The molecule has 18 heavy (non-hydrogen) atoms. The Morgan fingerprint density at radius 2 is 2.22 bits per heavy atom. The van der Waals surface area contributed by atoms with Gasteiger partial charge in [0.1, 0.15) is 6.04 Å². The van der Waals surface area contributed by atoms with Crippen LogP contribution in [0.3, 0.4) is 0 Å². The van der Waals surface area contributed by atoms with Crippen LogP contribution in [-0.4, -0.2) is 33.0 Å². The lowest BCUT2D eigenvalue weighted by molar-refractivity contribution is -0.144. The Bertz CT molecular complexity index is 440. The number of rotatable bonds is 5. The molecule has 2 rings (SSSR count). The molecule has 4 nitrogen and oxygen atoms in total. The zero-order valence-electron chi connectivity index (χ0n) is 11.1. The summed E-state index contributed by atoms with van der Waals surface area (Å²) in [5.41, 5.74) is 1.04. The number of aromatic nitrogens is 1. The summed E-state index contributed by atoms with van der Waals surface area (Å²) in [7, 11) is 0. The van der Waals surface area contributed by atoms with E-state index in [4.69, 9.17) is 0 Å². The number of carbonyl (C=O) groups is 1. The number of carboxylic acids is 1. The fourth-order valence-electron chi connectivity index (χ4n) is 2.33. The molecule has 100 valence electrons. The summed E-state index contributed by atoms with van der Waals surface area (Å²) >= 11 is 1.68. The molecule has 0 radical (unpaired) electrons. The third-order valence-electron chi connectivity index (χ3n) is 3.73. The van der Waals surface area contributed by atoms with Crippen LogP contribution in [-0.2, 0) is 11.3 Å². The molecule has 1 aromatic rings. The van der Waals surface area contributed by atoms with Gasteiger partial charge < -0.3 is 5.11 Å². The Balaban J connectivity index is 2.14. The van der Waals surface area contributed by atoms with Crippen molar-refractivity contribution in [3.8, 4) is 0 Å². The van der Waals surface area contributed by atoms with Crippen molar-refractivity contribution in [3.63, 3.8) is 0 Å². The maximum atomic E-state index is 11.2. The SMILES string of the molecule is Cc1nc(CN(C2CCC2)C(C)C(=O)O)c(C)s1. The van der Waals surface area contributed by atoms with Gasteiger partial charge in [-0.05, 0) is 33.6 Å². The zero-order valence-corrected chi connectivity index (χ0v) is 12.0. The molecule has 1 atom stereocenters. The first-order valence-electron chi connectivity index (χ1n) is 6.40. The normalized spacial score (nSPS) is 17.8. The molecular weight excluding hydrogens is 248 g/mol. The fourth-order valence-corrected chi connectivity index (χ4v) is 3.16. The zero-order chi connectivity index (χ0) is 13.3. The highest BCUT2D eigenvalue weighted by atomic mass is 32.1. The molecule has 1 saturated carbocycles. The van der Waals surface area contributed by atoms with E-state index in [0.29, 0.717) is 12.6 Å². The average Bonchev–Trinajstić information content (AvgIpc) is 2.52. The largest absolute Gasteiger partial charge is 0.480 e. The van der Waals surface area contributed by atoms with E-state index in [0.717, 1.165) is 23.5 Å². The van der Waals surface area contributed by atoms with Crippen LogP contribution in [0.25, 0.3) is 0 Å². The van der Waals surface area contributed by atoms with Crippen LogP contribution >= 0.6 is 11.3 Å². The molecule has 0 amide bonds. The molecule has 0 spiro atoms. The number of carboxylic acid groups (broad SMARTS) is 1. The maximum absolute atomic E-state index is 11.2. The molecule has 1 fully saturated rings. The van der Waals surface area contributed by atoms with Gasteiger partial charge in [0.15, 0.2) is 0 Å². The fraction of sp³-hybridized carbons (Fsp3) is 0.692. The van der Waals surface area contributed by atoms with E-state index in [1.807, 2.05) is 6.92 Å². The summed E-state index contributed by atoms with van der Waals surface area (Å²) in [5.74, 6) is -0.744. The van der Waals surface area contributed by atoms with Gasteiger partial charge in [-0.2, -0.15) is 0 Å². The molecule has 0 bridgehead atoms. The predicted molar refractivity (Wildman–Crippen MR) is 71.9 cm³/mol. The van der Waals surface area contributed by atoms with Crippen molar-refractivity contribution in [2.24, 2.45) is 0 Å². The van der Waals surface area contributed by atoms with Crippen molar-refractivity contribution in [2.45, 2.75) is 58.7 Å². The monoisotopic (exact) mass is 268 g/mol. The minimum Gasteiger partial charge on any atom is -0.480 e. The van der Waals surface area contributed by atoms with E-state index < -0.39 is 12.0 Å². The summed E-state index contributed by atoms with van der Waals surface area (Å²) in [6, 6.07) is -0.0192. The smallest absolute Gasteiger partial charge is 0.320 e. The average molecular weight is 268 g/mol. The topological polar surface area (TPSA) is 53.4 Å². The number of thiazole rings is 1. The minimum atomic E-state index is -0.744.